The Morgan fingerprint density at radius 3 is 2.67 bits per heavy atom. The smallest absolute Gasteiger partial charge is 0.337 e. The Kier molecular flexibility index (Phi) is 9.65. The normalized spacial score (nSPS) is 12.8. The maximum absolute atomic E-state index is 13.2. The molecule has 2 heterocycles. The van der Waals surface area contributed by atoms with E-state index in [0.717, 1.165) is 17.7 Å². The molecule has 0 spiro atoms. The molecule has 2 amide bonds. The predicted molar refractivity (Wildman–Crippen MR) is 155 cm³/mol. The summed E-state index contributed by atoms with van der Waals surface area (Å²) in [5, 5.41) is 15.7. The third-order valence-corrected chi connectivity index (χ3v) is 7.62. The fourth-order valence-corrected chi connectivity index (χ4v) is 5.29. The number of nitrogens with one attached hydrogen (secondary N) is 2. The topological polar surface area (TPSA) is 124 Å². The van der Waals surface area contributed by atoms with Gasteiger partial charge < -0.3 is 30.3 Å². The van der Waals surface area contributed by atoms with Crippen LogP contribution in [0, 0.1) is 6.92 Å². The lowest BCUT2D eigenvalue weighted by Crippen LogP contribution is -2.35. The lowest BCUT2D eigenvalue weighted by atomic mass is 9.99. The number of carbonyl (C=O) groups excluding carboxylic acids is 3. The summed E-state index contributed by atoms with van der Waals surface area (Å²) in [4.78, 5) is 45.9. The molecule has 0 fully saturated rings. The molecule has 4 rings (SSSR count). The standard InChI is InChI=1S/C29H33N5O5S/c1-19-26(27(37)33(2)24-10-7-20(8-11-24)28(38)39-3)40-29(31-19)32-23-9-6-22-18-34(15-12-21(22)17-23)25(36)5-4-13-30-14-16-35/h4-11,17,30,35H,12-16,18H2,1-3H3,(H,31,32)/b5-4+. The molecule has 0 aliphatic carbocycles. The van der Waals surface area contributed by atoms with Crippen LogP contribution >= 0.6 is 11.3 Å². The van der Waals surface area contributed by atoms with E-state index in [4.69, 9.17) is 9.84 Å². The quantitative estimate of drug-likeness (QED) is 0.195. The van der Waals surface area contributed by atoms with Crippen LogP contribution in [0.1, 0.15) is 36.9 Å². The number of aliphatic hydroxyl groups is 1. The van der Waals surface area contributed by atoms with Crippen molar-refractivity contribution in [1.29, 1.82) is 0 Å². The van der Waals surface area contributed by atoms with Crippen LogP contribution in [-0.4, -0.2) is 73.2 Å². The average molecular weight is 564 g/mol. The highest BCUT2D eigenvalue weighted by Gasteiger charge is 2.22. The van der Waals surface area contributed by atoms with Crippen molar-refractivity contribution in [3.05, 3.63) is 81.9 Å². The highest BCUT2D eigenvalue weighted by molar-refractivity contribution is 7.17. The summed E-state index contributed by atoms with van der Waals surface area (Å²) in [5.74, 6) is -0.653. The molecule has 0 radical (unpaired) electrons. The lowest BCUT2D eigenvalue weighted by Gasteiger charge is -2.28. The molecule has 0 bridgehead atoms. The van der Waals surface area contributed by atoms with Crippen molar-refractivity contribution in [3.63, 3.8) is 0 Å². The Labute approximate surface area is 237 Å². The fourth-order valence-electron chi connectivity index (χ4n) is 4.33. The summed E-state index contributed by atoms with van der Waals surface area (Å²) in [5.41, 5.74) is 4.83. The van der Waals surface area contributed by atoms with E-state index in [1.54, 1.807) is 50.4 Å². The summed E-state index contributed by atoms with van der Waals surface area (Å²) >= 11 is 1.28. The molecule has 11 heteroatoms. The number of benzene rings is 2. The SMILES string of the molecule is COC(=O)c1ccc(N(C)C(=O)c2sc(Nc3ccc4c(c3)CCN(C(=O)/C=C/CNCCO)C4)nc2C)cc1. The monoisotopic (exact) mass is 563 g/mol. The first-order chi connectivity index (χ1) is 19.3. The van der Waals surface area contributed by atoms with E-state index in [1.165, 1.54) is 28.9 Å². The molecular formula is C29H33N5O5S. The van der Waals surface area contributed by atoms with Gasteiger partial charge >= 0.3 is 5.97 Å². The molecule has 0 saturated carbocycles. The first kappa shape index (κ1) is 28.9. The molecule has 3 aromatic rings. The maximum Gasteiger partial charge on any atom is 0.337 e. The summed E-state index contributed by atoms with van der Waals surface area (Å²) in [6.45, 7) is 4.08. The van der Waals surface area contributed by atoms with E-state index in [0.29, 0.717) is 53.1 Å². The predicted octanol–water partition coefficient (Wildman–Crippen LogP) is 3.28. The Balaban J connectivity index is 1.38. The molecule has 1 aliphatic rings. The third-order valence-electron chi connectivity index (χ3n) is 6.56. The van der Waals surface area contributed by atoms with Gasteiger partial charge in [0.25, 0.3) is 5.91 Å². The number of rotatable bonds is 10. The fraction of sp³-hybridized carbons (Fsp3) is 0.310. The summed E-state index contributed by atoms with van der Waals surface area (Å²) in [6.07, 6.45) is 4.09. The molecule has 210 valence electrons. The third kappa shape index (κ3) is 6.92. The Morgan fingerprint density at radius 2 is 1.95 bits per heavy atom. The number of aliphatic hydroxyl groups excluding tert-OH is 1. The average Bonchev–Trinajstić information content (AvgIpc) is 3.34. The number of esters is 1. The van der Waals surface area contributed by atoms with E-state index in [-0.39, 0.29) is 18.4 Å². The molecule has 40 heavy (non-hydrogen) atoms. The van der Waals surface area contributed by atoms with Crippen LogP contribution in [-0.2, 0) is 22.5 Å². The molecule has 2 aromatic carbocycles. The molecule has 0 saturated heterocycles. The highest BCUT2D eigenvalue weighted by atomic mass is 32.1. The van der Waals surface area contributed by atoms with Crippen LogP contribution in [0.3, 0.4) is 0 Å². The number of methoxy groups -OCH3 is 1. The van der Waals surface area contributed by atoms with Crippen molar-refractivity contribution in [2.24, 2.45) is 0 Å². The second-order valence-corrected chi connectivity index (χ2v) is 10.3. The molecule has 3 N–H and O–H groups in total. The molecule has 1 aliphatic heterocycles. The van der Waals surface area contributed by atoms with Crippen molar-refractivity contribution in [3.8, 4) is 0 Å². The number of amides is 2. The number of thiazole rings is 1. The van der Waals surface area contributed by atoms with Crippen molar-refractivity contribution < 1.29 is 24.2 Å². The molecule has 10 nitrogen and oxygen atoms in total. The highest BCUT2D eigenvalue weighted by Crippen LogP contribution is 2.30. The number of hydrogen-bond donors (Lipinski definition) is 3. The van der Waals surface area contributed by atoms with Gasteiger partial charge in [-0.1, -0.05) is 23.5 Å². The number of carbonyl (C=O) groups is 3. The zero-order chi connectivity index (χ0) is 28.6. The number of aryl methyl sites for hydroxylation is 1. The van der Waals surface area contributed by atoms with E-state index >= 15 is 0 Å². The second kappa shape index (κ2) is 13.3. The van der Waals surface area contributed by atoms with E-state index in [1.807, 2.05) is 17.0 Å². The van der Waals surface area contributed by atoms with Crippen LogP contribution in [0.5, 0.6) is 0 Å². The van der Waals surface area contributed by atoms with E-state index < -0.39 is 5.97 Å². The van der Waals surface area contributed by atoms with Gasteiger partial charge in [0.2, 0.25) is 5.91 Å². The zero-order valence-corrected chi connectivity index (χ0v) is 23.6. The first-order valence-corrected chi connectivity index (χ1v) is 13.7. The van der Waals surface area contributed by atoms with Gasteiger partial charge in [-0.3, -0.25) is 9.59 Å². The number of ether oxygens (including phenoxy) is 1. The Bertz CT molecular complexity index is 1400. The number of anilines is 3. The zero-order valence-electron chi connectivity index (χ0n) is 22.8. The molecular weight excluding hydrogens is 530 g/mol. The first-order valence-electron chi connectivity index (χ1n) is 12.9. The minimum absolute atomic E-state index is 0.0292. The maximum atomic E-state index is 13.2. The van der Waals surface area contributed by atoms with Gasteiger partial charge in [0, 0.05) is 50.7 Å². The van der Waals surface area contributed by atoms with Gasteiger partial charge in [0.15, 0.2) is 5.13 Å². The van der Waals surface area contributed by atoms with Gasteiger partial charge in [0.05, 0.1) is 25.0 Å². The van der Waals surface area contributed by atoms with E-state index in [9.17, 15) is 14.4 Å². The summed E-state index contributed by atoms with van der Waals surface area (Å²) < 4.78 is 4.73. The number of nitrogens with zero attached hydrogens (tertiary/aromatic N) is 3. The summed E-state index contributed by atoms with van der Waals surface area (Å²) in [7, 11) is 3.01. The molecule has 1 aromatic heterocycles. The minimum Gasteiger partial charge on any atom is -0.465 e. The minimum atomic E-state index is -0.432. The number of fused-ring (bicyclic) bond motifs is 1. The van der Waals surface area contributed by atoms with Crippen LogP contribution in [0.2, 0.25) is 0 Å². The molecule has 0 unspecified atom stereocenters. The van der Waals surface area contributed by atoms with Crippen LogP contribution in [0.4, 0.5) is 16.5 Å². The van der Waals surface area contributed by atoms with Gasteiger partial charge in [-0.25, -0.2) is 9.78 Å². The van der Waals surface area contributed by atoms with Gasteiger partial charge in [-0.2, -0.15) is 0 Å². The Morgan fingerprint density at radius 1 is 1.18 bits per heavy atom. The summed E-state index contributed by atoms with van der Waals surface area (Å²) in [6, 6.07) is 12.7. The van der Waals surface area contributed by atoms with Gasteiger partial charge in [-0.05, 0) is 60.9 Å². The van der Waals surface area contributed by atoms with Crippen LogP contribution in [0.25, 0.3) is 0 Å². The van der Waals surface area contributed by atoms with Crippen molar-refractivity contribution in [2.45, 2.75) is 19.9 Å². The van der Waals surface area contributed by atoms with Crippen LogP contribution in [0.15, 0.2) is 54.6 Å². The van der Waals surface area contributed by atoms with Crippen molar-refractivity contribution in [2.75, 3.05) is 50.6 Å². The largest absolute Gasteiger partial charge is 0.465 e. The van der Waals surface area contributed by atoms with Crippen molar-refractivity contribution >= 4 is 45.6 Å². The Hall–Kier alpha value is -4.06. The number of hydrogen-bond acceptors (Lipinski definition) is 9. The van der Waals surface area contributed by atoms with E-state index in [2.05, 4.69) is 21.7 Å². The van der Waals surface area contributed by atoms with Crippen LogP contribution < -0.4 is 15.5 Å². The number of aromatic nitrogens is 1. The molecule has 0 atom stereocenters. The van der Waals surface area contributed by atoms with Gasteiger partial charge in [-0.15, -0.1) is 0 Å². The van der Waals surface area contributed by atoms with Gasteiger partial charge in [0.1, 0.15) is 4.88 Å². The lowest BCUT2D eigenvalue weighted by molar-refractivity contribution is -0.126. The second-order valence-electron chi connectivity index (χ2n) is 9.28. The van der Waals surface area contributed by atoms with Crippen molar-refractivity contribution in [1.82, 2.24) is 15.2 Å².